The van der Waals surface area contributed by atoms with Gasteiger partial charge < -0.3 is 9.64 Å². The summed E-state index contributed by atoms with van der Waals surface area (Å²) in [6.45, 7) is 9.57. The molecule has 8 heteroatoms. The monoisotopic (exact) mass is 403 g/mol. The van der Waals surface area contributed by atoms with Crippen molar-refractivity contribution in [2.75, 3.05) is 39.8 Å². The van der Waals surface area contributed by atoms with E-state index in [0.29, 0.717) is 23.7 Å². The number of aromatic amines is 1. The second kappa shape index (κ2) is 9.34. The Hall–Kier alpha value is -2.19. The summed E-state index contributed by atoms with van der Waals surface area (Å²) in [4.78, 5) is 17.1. The normalized spacial score (nSPS) is 15.2. The Morgan fingerprint density at radius 1 is 1.21 bits per heavy atom. The third-order valence-electron chi connectivity index (χ3n) is 5.00. The summed E-state index contributed by atoms with van der Waals surface area (Å²) < 4.78 is 7.63. The smallest absolute Gasteiger partial charge is 0.224 e. The predicted octanol–water partition coefficient (Wildman–Crippen LogP) is 2.81. The van der Waals surface area contributed by atoms with Gasteiger partial charge in [-0.1, -0.05) is 13.8 Å². The molecule has 0 aliphatic carbocycles. The molecular weight excluding hydrogens is 374 g/mol. The molecule has 1 N–H and O–H groups in total. The van der Waals surface area contributed by atoms with Crippen molar-refractivity contribution in [3.05, 3.63) is 29.0 Å². The van der Waals surface area contributed by atoms with Crippen LogP contribution in [-0.2, 0) is 11.3 Å². The molecule has 0 unspecified atom stereocenters. The van der Waals surface area contributed by atoms with Crippen molar-refractivity contribution < 1.29 is 9.53 Å². The molecule has 1 amide bonds. The molecule has 0 saturated carbocycles. The maximum absolute atomic E-state index is 12.7. The van der Waals surface area contributed by atoms with Gasteiger partial charge in [-0.3, -0.25) is 19.4 Å². The van der Waals surface area contributed by atoms with Gasteiger partial charge in [0.15, 0.2) is 10.6 Å². The summed E-state index contributed by atoms with van der Waals surface area (Å²) in [6.07, 6.45) is 0.418. The number of methoxy groups -OCH3 is 1. The van der Waals surface area contributed by atoms with E-state index in [0.717, 1.165) is 49.9 Å². The molecule has 3 rings (SSSR count). The van der Waals surface area contributed by atoms with Crippen LogP contribution in [-0.4, -0.2) is 70.3 Å². The lowest BCUT2D eigenvalue weighted by Gasteiger charge is -2.35. The minimum Gasteiger partial charge on any atom is -0.497 e. The van der Waals surface area contributed by atoms with Crippen molar-refractivity contribution in [1.29, 1.82) is 0 Å². The lowest BCUT2D eigenvalue weighted by molar-refractivity contribution is -0.133. The van der Waals surface area contributed by atoms with Gasteiger partial charge in [-0.2, -0.15) is 5.10 Å². The zero-order chi connectivity index (χ0) is 20.1. The molecule has 28 heavy (non-hydrogen) atoms. The van der Waals surface area contributed by atoms with E-state index >= 15 is 0 Å². The van der Waals surface area contributed by atoms with Gasteiger partial charge >= 0.3 is 0 Å². The number of nitrogens with zero attached hydrogens (tertiary/aromatic N) is 4. The molecule has 1 fully saturated rings. The molecule has 0 radical (unpaired) electrons. The predicted molar refractivity (Wildman–Crippen MR) is 112 cm³/mol. The molecule has 0 atom stereocenters. The zero-order valence-electron chi connectivity index (χ0n) is 16.9. The van der Waals surface area contributed by atoms with Crippen LogP contribution < -0.4 is 4.74 Å². The van der Waals surface area contributed by atoms with Gasteiger partial charge in [-0.05, 0) is 42.4 Å². The van der Waals surface area contributed by atoms with Crippen LogP contribution in [0, 0.1) is 10.7 Å². The maximum atomic E-state index is 12.7. The largest absolute Gasteiger partial charge is 0.497 e. The first-order valence-corrected chi connectivity index (χ1v) is 10.2. The van der Waals surface area contributed by atoms with Crippen molar-refractivity contribution in [1.82, 2.24) is 24.6 Å². The zero-order valence-corrected chi connectivity index (χ0v) is 17.7. The Morgan fingerprint density at radius 2 is 1.89 bits per heavy atom. The summed E-state index contributed by atoms with van der Waals surface area (Å²) in [6, 6.07) is 7.66. The lowest BCUT2D eigenvalue weighted by Crippen LogP contribution is -2.49. The first-order valence-electron chi connectivity index (χ1n) is 9.77. The summed E-state index contributed by atoms with van der Waals surface area (Å²) in [5.41, 5.74) is 0.933. The maximum Gasteiger partial charge on any atom is 0.224 e. The molecule has 0 spiro atoms. The van der Waals surface area contributed by atoms with Crippen LogP contribution >= 0.6 is 12.2 Å². The third-order valence-corrected chi connectivity index (χ3v) is 5.32. The van der Waals surface area contributed by atoms with E-state index in [1.807, 2.05) is 33.7 Å². The van der Waals surface area contributed by atoms with Gasteiger partial charge in [0.05, 0.1) is 7.11 Å². The van der Waals surface area contributed by atoms with Gasteiger partial charge in [-0.25, -0.2) is 0 Å². The molecule has 1 aliphatic heterocycles. The SMILES string of the molecule is COc1ccc(-c2n[nH]c(=S)n2CCC(=O)N2CCN(CC(C)C)CC2)cc1. The number of aromatic nitrogens is 3. The minimum atomic E-state index is 0.174. The number of H-pyrrole nitrogens is 1. The number of rotatable bonds is 7. The highest BCUT2D eigenvalue weighted by Gasteiger charge is 2.21. The quantitative estimate of drug-likeness (QED) is 0.720. The molecule has 1 aromatic carbocycles. The van der Waals surface area contributed by atoms with Gasteiger partial charge in [0.25, 0.3) is 0 Å². The number of hydrogen-bond acceptors (Lipinski definition) is 5. The Kier molecular flexibility index (Phi) is 6.85. The summed E-state index contributed by atoms with van der Waals surface area (Å²) >= 11 is 5.37. The van der Waals surface area contributed by atoms with Crippen LogP contribution in [0.2, 0.25) is 0 Å². The van der Waals surface area contributed by atoms with E-state index in [2.05, 4.69) is 28.9 Å². The molecule has 152 valence electrons. The molecule has 2 heterocycles. The van der Waals surface area contributed by atoms with Crippen molar-refractivity contribution in [3.8, 4) is 17.1 Å². The number of ether oxygens (including phenoxy) is 1. The molecule has 0 bridgehead atoms. The summed E-state index contributed by atoms with van der Waals surface area (Å²) in [7, 11) is 1.64. The number of hydrogen-bond donors (Lipinski definition) is 1. The Labute approximate surface area is 171 Å². The van der Waals surface area contributed by atoms with Gasteiger partial charge in [-0.15, -0.1) is 0 Å². The second-order valence-corrected chi connectivity index (χ2v) is 7.94. The van der Waals surface area contributed by atoms with Crippen LogP contribution in [0.15, 0.2) is 24.3 Å². The minimum absolute atomic E-state index is 0.174. The number of piperazine rings is 1. The Morgan fingerprint density at radius 3 is 2.50 bits per heavy atom. The number of carbonyl (C=O) groups excluding carboxylic acids is 1. The topological polar surface area (TPSA) is 66.4 Å². The average Bonchev–Trinajstić information content (AvgIpc) is 3.06. The standard InChI is InChI=1S/C20H29N5O2S/c1-15(2)14-23-10-12-24(13-11-23)18(26)8-9-25-19(21-22-20(25)28)16-4-6-17(27-3)7-5-16/h4-7,15H,8-14H2,1-3H3,(H,22,28). The van der Waals surface area contributed by atoms with Crippen LogP contribution in [0.4, 0.5) is 0 Å². The van der Waals surface area contributed by atoms with Crippen LogP contribution in [0.1, 0.15) is 20.3 Å². The second-order valence-electron chi connectivity index (χ2n) is 7.56. The van der Waals surface area contributed by atoms with Gasteiger partial charge in [0.2, 0.25) is 5.91 Å². The van der Waals surface area contributed by atoms with E-state index < -0.39 is 0 Å². The van der Waals surface area contributed by atoms with E-state index in [-0.39, 0.29) is 5.91 Å². The highest BCUT2D eigenvalue weighted by molar-refractivity contribution is 7.71. The summed E-state index contributed by atoms with van der Waals surface area (Å²) in [5.74, 6) is 2.35. The fourth-order valence-corrected chi connectivity index (χ4v) is 3.77. The Bertz CT molecular complexity index is 835. The molecule has 1 saturated heterocycles. The van der Waals surface area contributed by atoms with Crippen molar-refractivity contribution in [2.24, 2.45) is 5.92 Å². The fraction of sp³-hybridized carbons (Fsp3) is 0.550. The highest BCUT2D eigenvalue weighted by Crippen LogP contribution is 2.21. The molecule has 1 aromatic heterocycles. The van der Waals surface area contributed by atoms with Crippen LogP contribution in [0.5, 0.6) is 5.75 Å². The fourth-order valence-electron chi connectivity index (χ4n) is 3.55. The van der Waals surface area contributed by atoms with Crippen LogP contribution in [0.25, 0.3) is 11.4 Å². The van der Waals surface area contributed by atoms with Gasteiger partial charge in [0, 0.05) is 51.3 Å². The van der Waals surface area contributed by atoms with E-state index in [1.54, 1.807) is 7.11 Å². The molecule has 2 aromatic rings. The van der Waals surface area contributed by atoms with Crippen LogP contribution in [0.3, 0.4) is 0 Å². The van der Waals surface area contributed by atoms with E-state index in [1.165, 1.54) is 0 Å². The molecule has 1 aliphatic rings. The number of benzene rings is 1. The Balaban J connectivity index is 1.60. The van der Waals surface area contributed by atoms with E-state index in [4.69, 9.17) is 17.0 Å². The summed E-state index contributed by atoms with van der Waals surface area (Å²) in [5, 5.41) is 7.19. The molecule has 7 nitrogen and oxygen atoms in total. The number of amides is 1. The highest BCUT2D eigenvalue weighted by atomic mass is 32.1. The van der Waals surface area contributed by atoms with Crippen molar-refractivity contribution in [3.63, 3.8) is 0 Å². The number of carbonyl (C=O) groups is 1. The third kappa shape index (κ3) is 4.99. The first kappa shape index (κ1) is 20.5. The van der Waals surface area contributed by atoms with Crippen molar-refractivity contribution >= 4 is 18.1 Å². The van der Waals surface area contributed by atoms with Crippen molar-refractivity contribution in [2.45, 2.75) is 26.8 Å². The van der Waals surface area contributed by atoms with Gasteiger partial charge in [0.1, 0.15) is 5.75 Å². The molecular formula is C20H29N5O2S. The van der Waals surface area contributed by atoms with E-state index in [9.17, 15) is 4.79 Å². The number of nitrogens with one attached hydrogen (secondary N) is 1. The average molecular weight is 404 g/mol. The lowest BCUT2D eigenvalue weighted by atomic mass is 10.2. The first-order chi connectivity index (χ1) is 13.5.